The summed E-state index contributed by atoms with van der Waals surface area (Å²) in [5.74, 6) is -5.02. The minimum Gasteiger partial charge on any atom is -0.457 e. The Bertz CT molecular complexity index is 1550. The summed E-state index contributed by atoms with van der Waals surface area (Å²) in [5.41, 5.74) is -1.53. The van der Waals surface area contributed by atoms with E-state index in [1.807, 2.05) is 0 Å². The number of benzene rings is 1. The Hall–Kier alpha value is -4.95. The molecule has 3 N–H and O–H groups in total. The van der Waals surface area contributed by atoms with E-state index in [-0.39, 0.29) is 17.1 Å². The van der Waals surface area contributed by atoms with Gasteiger partial charge in [0, 0.05) is 6.20 Å². The van der Waals surface area contributed by atoms with Gasteiger partial charge in [-0.3, -0.25) is 24.3 Å². The third kappa shape index (κ3) is 8.78. The fraction of sp³-hybridized carbons (Fsp3) is 0.379. The molecule has 0 aliphatic heterocycles. The molecule has 2 unspecified atom stereocenters. The van der Waals surface area contributed by atoms with Gasteiger partial charge in [-0.2, -0.15) is 13.2 Å². The second kappa shape index (κ2) is 13.6. The van der Waals surface area contributed by atoms with Crippen LogP contribution in [0.3, 0.4) is 0 Å². The van der Waals surface area contributed by atoms with Gasteiger partial charge in [-0.25, -0.2) is 14.6 Å². The van der Waals surface area contributed by atoms with Crippen molar-refractivity contribution in [3.05, 3.63) is 71.0 Å². The molecule has 0 aliphatic carbocycles. The molecular weight excluding hydrogens is 587 g/mol. The zero-order valence-corrected chi connectivity index (χ0v) is 24.5. The number of nitrogens with zero attached hydrogens (tertiary/aromatic N) is 2. The van der Waals surface area contributed by atoms with Crippen molar-refractivity contribution in [3.63, 3.8) is 0 Å². The normalized spacial score (nSPS) is 13.1. The van der Waals surface area contributed by atoms with Crippen molar-refractivity contribution in [1.82, 2.24) is 19.9 Å². The van der Waals surface area contributed by atoms with Gasteiger partial charge >= 0.3 is 18.2 Å². The monoisotopic (exact) mass is 619 g/mol. The number of imidazole rings is 1. The lowest BCUT2D eigenvalue weighted by Crippen LogP contribution is -2.50. The fourth-order valence-corrected chi connectivity index (χ4v) is 4.01. The molecule has 44 heavy (non-hydrogen) atoms. The van der Waals surface area contributed by atoms with Crippen molar-refractivity contribution in [3.8, 4) is 11.3 Å². The predicted molar refractivity (Wildman–Crippen MR) is 151 cm³/mol. The largest absolute Gasteiger partial charge is 0.457 e. The van der Waals surface area contributed by atoms with Gasteiger partial charge in [0.2, 0.25) is 12.0 Å². The van der Waals surface area contributed by atoms with Gasteiger partial charge in [0.05, 0.1) is 18.1 Å². The first kappa shape index (κ1) is 33.6. The van der Waals surface area contributed by atoms with Crippen molar-refractivity contribution < 1.29 is 41.8 Å². The number of ether oxygens (including phenoxy) is 2. The number of halogens is 3. The number of Topliss-reactive ketones (excluding diaryl/α,β-unsaturated/α-hetero) is 1. The van der Waals surface area contributed by atoms with Crippen molar-refractivity contribution in [1.29, 1.82) is 0 Å². The molecule has 0 aliphatic rings. The standard InChI is InChI=1S/C29H32F3N5O7/c1-16(2)22(24(39)29(30,31)32)36-21(38)14-37-20(17-9-7-6-8-10-17)12-11-18(25(37)40)35-27(42)43-23(19-13-33-15-34-19)26(41)44-28(3,4)5/h6-13,15-16,22-23H,14H2,1-5H3,(H,33,34)(H,35,42)(H,36,38). The van der Waals surface area contributed by atoms with Crippen LogP contribution >= 0.6 is 0 Å². The fourth-order valence-electron chi connectivity index (χ4n) is 4.01. The highest BCUT2D eigenvalue weighted by molar-refractivity contribution is 5.93. The molecule has 0 bridgehead atoms. The highest BCUT2D eigenvalue weighted by Gasteiger charge is 2.45. The minimum atomic E-state index is -5.19. The second-order valence-electron chi connectivity index (χ2n) is 11.0. The molecule has 2 heterocycles. The number of carbonyl (C=O) groups is 4. The molecule has 2 atom stereocenters. The van der Waals surface area contributed by atoms with Crippen molar-refractivity contribution in [2.24, 2.45) is 5.92 Å². The molecular formula is C29H32F3N5O7. The lowest BCUT2D eigenvalue weighted by molar-refractivity contribution is -0.174. The van der Waals surface area contributed by atoms with Gasteiger partial charge in [-0.1, -0.05) is 44.2 Å². The molecule has 15 heteroatoms. The Balaban J connectivity index is 1.93. The average molecular weight is 620 g/mol. The Morgan fingerprint density at radius 2 is 1.68 bits per heavy atom. The van der Waals surface area contributed by atoms with E-state index in [0.717, 1.165) is 4.57 Å². The highest BCUT2D eigenvalue weighted by atomic mass is 19.4. The number of amides is 2. The number of rotatable bonds is 10. The van der Waals surface area contributed by atoms with Gasteiger partial charge < -0.3 is 19.8 Å². The molecule has 2 amide bonds. The number of nitrogens with one attached hydrogen (secondary N) is 3. The van der Waals surface area contributed by atoms with Gasteiger partial charge in [0.15, 0.2) is 0 Å². The maximum atomic E-state index is 13.5. The number of alkyl halides is 3. The lowest BCUT2D eigenvalue weighted by Gasteiger charge is -2.23. The molecule has 3 rings (SSSR count). The smallest absolute Gasteiger partial charge is 0.452 e. The van der Waals surface area contributed by atoms with Crippen LogP contribution in [0.1, 0.15) is 46.4 Å². The van der Waals surface area contributed by atoms with E-state index in [1.54, 1.807) is 51.1 Å². The SMILES string of the molecule is CC(C)C(NC(=O)Cn1c(-c2ccccc2)ccc(NC(=O)OC(C(=O)OC(C)(C)C)c2c[nH]cn2)c1=O)C(=O)C(F)(F)F. The van der Waals surface area contributed by atoms with Gasteiger partial charge in [0.25, 0.3) is 11.3 Å². The van der Waals surface area contributed by atoms with Crippen LogP contribution in [-0.4, -0.2) is 56.1 Å². The summed E-state index contributed by atoms with van der Waals surface area (Å²) in [4.78, 5) is 70.6. The molecule has 12 nitrogen and oxygen atoms in total. The number of hydrogen-bond acceptors (Lipinski definition) is 8. The van der Waals surface area contributed by atoms with Crippen molar-refractivity contribution >= 4 is 29.4 Å². The van der Waals surface area contributed by atoms with Crippen LogP contribution in [0.15, 0.2) is 59.8 Å². The first-order valence-electron chi connectivity index (χ1n) is 13.4. The molecule has 236 valence electrons. The summed E-state index contributed by atoms with van der Waals surface area (Å²) in [5, 5.41) is 4.30. The van der Waals surface area contributed by atoms with Crippen LogP contribution in [-0.2, 0) is 30.4 Å². The molecule has 1 aromatic carbocycles. The van der Waals surface area contributed by atoms with E-state index in [2.05, 4.69) is 20.6 Å². The number of pyridine rings is 1. The first-order valence-corrected chi connectivity index (χ1v) is 13.4. The van der Waals surface area contributed by atoms with Crippen molar-refractivity contribution in [2.75, 3.05) is 5.32 Å². The minimum absolute atomic E-state index is 0.0241. The molecule has 2 aromatic heterocycles. The van der Waals surface area contributed by atoms with E-state index >= 15 is 0 Å². The van der Waals surface area contributed by atoms with Gasteiger partial charge in [-0.05, 0) is 44.4 Å². The number of carbonyl (C=O) groups excluding carboxylic acids is 4. The summed E-state index contributed by atoms with van der Waals surface area (Å²) in [6.07, 6.45) is -5.45. The van der Waals surface area contributed by atoms with Crippen LogP contribution in [0.4, 0.5) is 23.7 Å². The third-order valence-corrected chi connectivity index (χ3v) is 5.96. The van der Waals surface area contributed by atoms with E-state index in [0.29, 0.717) is 5.56 Å². The van der Waals surface area contributed by atoms with E-state index in [1.165, 1.54) is 38.5 Å². The summed E-state index contributed by atoms with van der Waals surface area (Å²) >= 11 is 0. The number of aromatic nitrogens is 3. The molecule has 0 saturated carbocycles. The highest BCUT2D eigenvalue weighted by Crippen LogP contribution is 2.24. The quantitative estimate of drug-likeness (QED) is 0.285. The van der Waals surface area contributed by atoms with Crippen molar-refractivity contribution in [2.45, 2.75) is 65.1 Å². The summed E-state index contributed by atoms with van der Waals surface area (Å²) in [6.45, 7) is 6.71. The van der Waals surface area contributed by atoms with Crippen LogP contribution in [0, 0.1) is 5.92 Å². The van der Waals surface area contributed by atoms with E-state index in [9.17, 15) is 37.1 Å². The topological polar surface area (TPSA) is 161 Å². The van der Waals surface area contributed by atoms with Crippen LogP contribution in [0.5, 0.6) is 0 Å². The summed E-state index contributed by atoms with van der Waals surface area (Å²) < 4.78 is 50.9. The Labute approximate surface area is 250 Å². The second-order valence-corrected chi connectivity index (χ2v) is 11.0. The number of hydrogen-bond donors (Lipinski definition) is 3. The number of ketones is 1. The maximum Gasteiger partial charge on any atom is 0.452 e. The van der Waals surface area contributed by atoms with Crippen LogP contribution < -0.4 is 16.2 Å². The molecule has 0 spiro atoms. The number of esters is 1. The Morgan fingerprint density at radius 3 is 2.23 bits per heavy atom. The van der Waals surface area contributed by atoms with Crippen LogP contribution in [0.25, 0.3) is 11.3 Å². The predicted octanol–water partition coefficient (Wildman–Crippen LogP) is 4.14. The number of H-pyrrole nitrogens is 1. The molecule has 0 radical (unpaired) electrons. The zero-order chi connectivity index (χ0) is 32.8. The Morgan fingerprint density at radius 1 is 1.02 bits per heavy atom. The van der Waals surface area contributed by atoms with Gasteiger partial charge in [0.1, 0.15) is 23.5 Å². The Kier molecular flexibility index (Phi) is 10.3. The summed E-state index contributed by atoms with van der Waals surface area (Å²) in [6, 6.07) is 9.05. The van der Waals surface area contributed by atoms with Crippen LogP contribution in [0.2, 0.25) is 0 Å². The summed E-state index contributed by atoms with van der Waals surface area (Å²) in [7, 11) is 0. The molecule has 0 saturated heterocycles. The average Bonchev–Trinajstić information content (AvgIpc) is 3.46. The number of aromatic amines is 1. The number of anilines is 1. The zero-order valence-electron chi connectivity index (χ0n) is 24.5. The maximum absolute atomic E-state index is 13.5. The third-order valence-electron chi connectivity index (χ3n) is 5.96. The lowest BCUT2D eigenvalue weighted by atomic mass is 9.99. The van der Waals surface area contributed by atoms with E-state index in [4.69, 9.17) is 9.47 Å². The first-order chi connectivity index (χ1) is 20.5. The molecule has 0 fully saturated rings. The van der Waals surface area contributed by atoms with Gasteiger partial charge in [-0.15, -0.1) is 0 Å². The van der Waals surface area contributed by atoms with E-state index < -0.39 is 65.7 Å². The molecule has 3 aromatic rings.